The number of aromatic nitrogens is 2. The van der Waals surface area contributed by atoms with E-state index in [2.05, 4.69) is 5.10 Å². The van der Waals surface area contributed by atoms with Crippen LogP contribution in [-0.2, 0) is 10.5 Å². The molecule has 0 N–H and O–H groups in total. The van der Waals surface area contributed by atoms with Gasteiger partial charge in [0.1, 0.15) is 5.44 Å². The molecule has 0 spiro atoms. The molecule has 0 radical (unpaired) electrons. The molecule has 0 saturated carbocycles. The van der Waals surface area contributed by atoms with E-state index in [1.54, 1.807) is 18.0 Å². The Morgan fingerprint density at radius 3 is 2.62 bits per heavy atom. The molecule has 4 rings (SSSR count). The maximum atomic E-state index is 13.3. The van der Waals surface area contributed by atoms with E-state index >= 15 is 0 Å². The minimum atomic E-state index is -0.101. The van der Waals surface area contributed by atoms with Crippen molar-refractivity contribution in [2.75, 3.05) is 6.61 Å². The van der Waals surface area contributed by atoms with Gasteiger partial charge in [-0.05, 0) is 49.1 Å². The zero-order valence-electron chi connectivity index (χ0n) is 15.8. The Morgan fingerprint density at radius 2 is 1.90 bits per heavy atom. The fraction of sp³-hybridized carbons (Fsp3) is 0.273. The summed E-state index contributed by atoms with van der Waals surface area (Å²) in [5.41, 5.74) is 1.85. The second-order valence-corrected chi connectivity index (χ2v) is 9.34. The normalized spacial score (nSPS) is 16.7. The summed E-state index contributed by atoms with van der Waals surface area (Å²) in [4.78, 5) is 14.9. The predicted octanol–water partition coefficient (Wildman–Crippen LogP) is 5.80. The second-order valence-electron chi connectivity index (χ2n) is 6.72. The lowest BCUT2D eigenvalue weighted by atomic mass is 10.2. The summed E-state index contributed by atoms with van der Waals surface area (Å²) < 4.78 is 7.34. The molecule has 29 heavy (non-hydrogen) atoms. The Labute approximate surface area is 183 Å². The Morgan fingerprint density at radius 1 is 1.10 bits per heavy atom. The van der Waals surface area contributed by atoms with Gasteiger partial charge in [-0.2, -0.15) is 9.78 Å². The lowest BCUT2D eigenvalue weighted by molar-refractivity contribution is 0.0727. The van der Waals surface area contributed by atoms with Crippen LogP contribution in [-0.4, -0.2) is 21.8 Å². The van der Waals surface area contributed by atoms with Crippen LogP contribution >= 0.6 is 35.1 Å². The van der Waals surface area contributed by atoms with Crippen molar-refractivity contribution in [3.05, 3.63) is 81.7 Å². The average Bonchev–Trinajstić information content (AvgIpc) is 2.76. The molecule has 0 amide bonds. The van der Waals surface area contributed by atoms with Crippen molar-refractivity contribution in [1.29, 1.82) is 0 Å². The van der Waals surface area contributed by atoms with Crippen molar-refractivity contribution in [2.24, 2.45) is 0 Å². The van der Waals surface area contributed by atoms with Crippen LogP contribution in [0.1, 0.15) is 24.8 Å². The van der Waals surface area contributed by atoms with Crippen LogP contribution in [0.4, 0.5) is 0 Å². The fourth-order valence-electron chi connectivity index (χ4n) is 3.07. The first-order valence-electron chi connectivity index (χ1n) is 9.54. The van der Waals surface area contributed by atoms with E-state index in [9.17, 15) is 4.79 Å². The van der Waals surface area contributed by atoms with Crippen LogP contribution in [0.25, 0.3) is 5.69 Å². The van der Waals surface area contributed by atoms with Crippen molar-refractivity contribution in [3.8, 4) is 5.69 Å². The molecule has 1 fully saturated rings. The van der Waals surface area contributed by atoms with E-state index in [0.717, 1.165) is 42.0 Å². The molecular formula is C22H21ClN2O2S2. The fourth-order valence-corrected chi connectivity index (χ4v) is 5.46. The van der Waals surface area contributed by atoms with E-state index in [-0.39, 0.29) is 11.0 Å². The molecule has 1 saturated heterocycles. The van der Waals surface area contributed by atoms with E-state index in [1.807, 2.05) is 54.6 Å². The summed E-state index contributed by atoms with van der Waals surface area (Å²) >= 11 is 9.13. The lowest BCUT2D eigenvalue weighted by Crippen LogP contribution is -2.24. The van der Waals surface area contributed by atoms with Crippen LogP contribution in [0.15, 0.2) is 75.4 Å². The third kappa shape index (κ3) is 5.25. The van der Waals surface area contributed by atoms with E-state index < -0.39 is 0 Å². The number of halogens is 1. The van der Waals surface area contributed by atoms with Gasteiger partial charge < -0.3 is 4.74 Å². The van der Waals surface area contributed by atoms with Gasteiger partial charge in [-0.15, -0.1) is 11.8 Å². The first-order valence-corrected chi connectivity index (χ1v) is 11.8. The highest BCUT2D eigenvalue weighted by molar-refractivity contribution is 8.02. The highest BCUT2D eigenvalue weighted by atomic mass is 35.5. The molecule has 3 aromatic rings. The summed E-state index contributed by atoms with van der Waals surface area (Å²) in [6.45, 7) is 0.777. The van der Waals surface area contributed by atoms with Crippen molar-refractivity contribution in [2.45, 2.75) is 40.2 Å². The van der Waals surface area contributed by atoms with Gasteiger partial charge in [0.2, 0.25) is 0 Å². The molecule has 0 bridgehead atoms. The van der Waals surface area contributed by atoms with Gasteiger partial charge in [-0.3, -0.25) is 4.79 Å². The Hall–Kier alpha value is -1.73. The SMILES string of the molecule is O=c1c(SCc2ccc(Cl)cc2)c(SC2CCCCO2)cnn1-c1ccccc1. The first kappa shape index (κ1) is 20.5. The number of rotatable bonds is 6. The van der Waals surface area contributed by atoms with Gasteiger partial charge in [0.25, 0.3) is 5.56 Å². The molecule has 7 heteroatoms. The predicted molar refractivity (Wildman–Crippen MR) is 120 cm³/mol. The van der Waals surface area contributed by atoms with Crippen molar-refractivity contribution >= 4 is 35.1 Å². The van der Waals surface area contributed by atoms with Crippen molar-refractivity contribution in [3.63, 3.8) is 0 Å². The van der Waals surface area contributed by atoms with Crippen molar-refractivity contribution in [1.82, 2.24) is 9.78 Å². The van der Waals surface area contributed by atoms with Gasteiger partial charge in [0.05, 0.1) is 16.8 Å². The highest BCUT2D eigenvalue weighted by Gasteiger charge is 2.20. The maximum absolute atomic E-state index is 13.3. The minimum absolute atomic E-state index is 0.0763. The molecule has 1 aliphatic heterocycles. The van der Waals surface area contributed by atoms with E-state index in [0.29, 0.717) is 15.7 Å². The summed E-state index contributed by atoms with van der Waals surface area (Å²) in [5.74, 6) is 0.685. The number of hydrogen-bond acceptors (Lipinski definition) is 5. The van der Waals surface area contributed by atoms with Gasteiger partial charge in [0, 0.05) is 22.3 Å². The molecule has 1 unspecified atom stereocenters. The molecule has 4 nitrogen and oxygen atoms in total. The Balaban J connectivity index is 1.65. The minimum Gasteiger partial charge on any atom is -0.367 e. The molecule has 2 heterocycles. The molecular weight excluding hydrogens is 424 g/mol. The lowest BCUT2D eigenvalue weighted by Gasteiger charge is -2.22. The van der Waals surface area contributed by atoms with Gasteiger partial charge in [0.15, 0.2) is 0 Å². The van der Waals surface area contributed by atoms with Crippen LogP contribution in [0.3, 0.4) is 0 Å². The largest absolute Gasteiger partial charge is 0.367 e. The molecule has 1 atom stereocenters. The number of benzene rings is 2. The number of para-hydroxylation sites is 1. The van der Waals surface area contributed by atoms with E-state index in [4.69, 9.17) is 16.3 Å². The molecule has 1 aromatic heterocycles. The van der Waals surface area contributed by atoms with Gasteiger partial charge in [-0.1, -0.05) is 53.7 Å². The monoisotopic (exact) mass is 444 g/mol. The summed E-state index contributed by atoms with van der Waals surface area (Å²) in [5, 5.41) is 5.15. The summed E-state index contributed by atoms with van der Waals surface area (Å²) in [6.07, 6.45) is 5.04. The Bertz CT molecular complexity index is 1000. The Kier molecular flexibility index (Phi) is 6.98. The standard InChI is InChI=1S/C22H21ClN2O2S2/c23-17-11-9-16(10-12-17)15-28-21-19(29-20-8-4-5-13-27-20)14-24-25(22(21)26)18-6-2-1-3-7-18/h1-3,6-7,9-12,14,20H,4-5,8,13,15H2. The quantitative estimate of drug-likeness (QED) is 0.450. The topological polar surface area (TPSA) is 44.1 Å². The number of nitrogens with zero attached hydrogens (tertiary/aromatic N) is 2. The van der Waals surface area contributed by atoms with Crippen LogP contribution in [0.2, 0.25) is 5.02 Å². The zero-order valence-corrected chi connectivity index (χ0v) is 18.2. The molecule has 2 aromatic carbocycles. The third-order valence-electron chi connectivity index (χ3n) is 4.59. The number of thioether (sulfide) groups is 2. The molecule has 1 aliphatic rings. The first-order chi connectivity index (χ1) is 14.2. The number of ether oxygens (including phenoxy) is 1. The van der Waals surface area contributed by atoms with Crippen molar-refractivity contribution < 1.29 is 4.74 Å². The van der Waals surface area contributed by atoms with E-state index in [1.165, 1.54) is 16.4 Å². The van der Waals surface area contributed by atoms with Gasteiger partial charge in [-0.25, -0.2) is 0 Å². The molecule has 150 valence electrons. The van der Waals surface area contributed by atoms with Gasteiger partial charge >= 0.3 is 0 Å². The van der Waals surface area contributed by atoms with Crippen LogP contribution < -0.4 is 5.56 Å². The van der Waals surface area contributed by atoms with Crippen LogP contribution in [0.5, 0.6) is 0 Å². The highest BCUT2D eigenvalue weighted by Crippen LogP contribution is 2.35. The third-order valence-corrected chi connectivity index (χ3v) is 7.33. The molecule has 0 aliphatic carbocycles. The summed E-state index contributed by atoms with van der Waals surface area (Å²) in [6, 6.07) is 17.2. The summed E-state index contributed by atoms with van der Waals surface area (Å²) in [7, 11) is 0. The van der Waals surface area contributed by atoms with Crippen LogP contribution in [0, 0.1) is 0 Å². The number of hydrogen-bond donors (Lipinski definition) is 0. The average molecular weight is 445 g/mol. The second kappa shape index (κ2) is 9.85. The smallest absolute Gasteiger partial charge is 0.286 e. The zero-order chi connectivity index (χ0) is 20.1. The maximum Gasteiger partial charge on any atom is 0.286 e.